The van der Waals surface area contributed by atoms with Gasteiger partial charge >= 0.3 is 0 Å². The molecule has 2 N–H and O–H groups in total. The Morgan fingerprint density at radius 1 is 1.15 bits per heavy atom. The summed E-state index contributed by atoms with van der Waals surface area (Å²) < 4.78 is 27.7. The summed E-state index contributed by atoms with van der Waals surface area (Å²) in [5.41, 5.74) is 1.67. The molecule has 0 aliphatic heterocycles. The Labute approximate surface area is 124 Å². The fraction of sp³-hybridized carbons (Fsp3) is 0.294. The van der Waals surface area contributed by atoms with E-state index < -0.39 is 6.98 Å². The van der Waals surface area contributed by atoms with Crippen molar-refractivity contribution in [2.75, 3.05) is 13.5 Å². The van der Waals surface area contributed by atoms with Gasteiger partial charge in [-0.1, -0.05) is 48.5 Å². The number of para-hydroxylation sites is 1. The molecule has 0 aromatic heterocycles. The zero-order chi connectivity index (χ0) is 16.7. The summed E-state index contributed by atoms with van der Waals surface area (Å²) in [6, 6.07) is 16.9. The number of benzene rings is 2. The molecule has 0 unspecified atom stereocenters. The molecule has 1 atom stereocenters. The minimum Gasteiger partial charge on any atom is -0.485 e. The third-order valence-electron chi connectivity index (χ3n) is 3.12. The van der Waals surface area contributed by atoms with Gasteiger partial charge in [-0.05, 0) is 25.2 Å². The van der Waals surface area contributed by atoms with Gasteiger partial charge < -0.3 is 15.2 Å². The van der Waals surface area contributed by atoms with E-state index in [2.05, 4.69) is 5.32 Å². The van der Waals surface area contributed by atoms with Crippen molar-refractivity contribution >= 4 is 0 Å². The van der Waals surface area contributed by atoms with E-state index in [4.69, 9.17) is 8.85 Å². The highest BCUT2D eigenvalue weighted by molar-refractivity contribution is 5.33. The Morgan fingerprint density at radius 3 is 2.65 bits per heavy atom. The molecule has 0 saturated heterocycles. The Balaban J connectivity index is 2.13. The van der Waals surface area contributed by atoms with E-state index >= 15 is 0 Å². The van der Waals surface area contributed by atoms with E-state index in [-0.39, 0.29) is 12.7 Å². The molecular weight excluding hydrogens is 250 g/mol. The molecule has 3 nitrogen and oxygen atoms in total. The number of aliphatic hydroxyl groups is 1. The smallest absolute Gasteiger partial charge is 0.125 e. The van der Waals surface area contributed by atoms with Gasteiger partial charge in [-0.15, -0.1) is 0 Å². The third kappa shape index (κ3) is 3.83. The number of hydrogen-bond acceptors (Lipinski definition) is 3. The predicted octanol–water partition coefficient (Wildman–Crippen LogP) is 2.91. The molecule has 0 radical (unpaired) electrons. The fourth-order valence-electron chi connectivity index (χ4n) is 2.07. The van der Waals surface area contributed by atoms with Gasteiger partial charge in [-0.3, -0.25) is 0 Å². The lowest BCUT2D eigenvalue weighted by molar-refractivity contribution is 0.186. The first-order valence-corrected chi connectivity index (χ1v) is 6.65. The van der Waals surface area contributed by atoms with Crippen molar-refractivity contribution in [1.82, 2.24) is 5.32 Å². The molecule has 0 aliphatic carbocycles. The quantitative estimate of drug-likeness (QED) is 0.815. The second kappa shape index (κ2) is 7.68. The molecule has 3 heteroatoms. The number of aliphatic hydroxyl groups excluding tert-OH is 1. The summed E-state index contributed by atoms with van der Waals surface area (Å²) >= 11 is 0. The second-order valence-electron chi connectivity index (χ2n) is 4.50. The van der Waals surface area contributed by atoms with Crippen LogP contribution < -0.4 is 10.1 Å². The predicted molar refractivity (Wildman–Crippen MR) is 80.7 cm³/mol. The van der Waals surface area contributed by atoms with Crippen LogP contribution in [0.4, 0.5) is 0 Å². The van der Waals surface area contributed by atoms with E-state index in [1.807, 2.05) is 42.5 Å². The van der Waals surface area contributed by atoms with Gasteiger partial charge in [-0.25, -0.2) is 0 Å². The maximum Gasteiger partial charge on any atom is 0.125 e. The number of nitrogens with one attached hydrogen (secondary N) is 1. The van der Waals surface area contributed by atoms with Crippen molar-refractivity contribution in [3.8, 4) is 5.75 Å². The van der Waals surface area contributed by atoms with Crippen molar-refractivity contribution in [2.24, 2.45) is 0 Å². The molecule has 2 aromatic rings. The summed E-state index contributed by atoms with van der Waals surface area (Å²) in [5, 5.41) is 11.9. The van der Waals surface area contributed by atoms with Crippen LogP contribution in [0.1, 0.15) is 27.8 Å². The highest BCUT2D eigenvalue weighted by Gasteiger charge is 2.14. The van der Waals surface area contributed by atoms with Crippen LogP contribution in [-0.4, -0.2) is 18.6 Å². The standard InChI is InChI=1S/C17H21NO2/c1-18-12-11-17(14-7-3-2-4-8-14)20-16-10-6-5-9-15(16)13-19/h2-10,17-19H,11-13H2,1H3/t17-/m1/s1/i1D3. The van der Waals surface area contributed by atoms with Gasteiger partial charge in [0.2, 0.25) is 0 Å². The summed E-state index contributed by atoms with van der Waals surface area (Å²) in [6.45, 7) is -1.97. The van der Waals surface area contributed by atoms with Crippen molar-refractivity contribution in [3.63, 3.8) is 0 Å². The molecule has 2 aromatic carbocycles. The van der Waals surface area contributed by atoms with Crippen molar-refractivity contribution in [1.29, 1.82) is 0 Å². The molecule has 0 aliphatic rings. The van der Waals surface area contributed by atoms with Gasteiger partial charge in [0, 0.05) is 16.1 Å². The Morgan fingerprint density at radius 2 is 1.90 bits per heavy atom. The van der Waals surface area contributed by atoms with Gasteiger partial charge in [0.15, 0.2) is 0 Å². The van der Waals surface area contributed by atoms with Crippen molar-refractivity contribution in [2.45, 2.75) is 19.1 Å². The van der Waals surface area contributed by atoms with Crippen LogP contribution in [0.15, 0.2) is 54.6 Å². The van der Waals surface area contributed by atoms with Crippen LogP contribution in [0.5, 0.6) is 5.75 Å². The van der Waals surface area contributed by atoms with Gasteiger partial charge in [-0.2, -0.15) is 0 Å². The number of rotatable bonds is 7. The molecule has 2 rings (SSSR count). The molecule has 0 spiro atoms. The average Bonchev–Trinajstić information content (AvgIpc) is 2.54. The average molecular weight is 274 g/mol. The maximum absolute atomic E-state index is 9.42. The molecule has 0 fully saturated rings. The van der Waals surface area contributed by atoms with Crippen molar-refractivity contribution in [3.05, 3.63) is 65.7 Å². The van der Waals surface area contributed by atoms with Gasteiger partial charge in [0.25, 0.3) is 0 Å². The molecule has 0 saturated carbocycles. The first-order valence-electron chi connectivity index (χ1n) is 8.15. The molecule has 0 amide bonds. The largest absolute Gasteiger partial charge is 0.485 e. The first-order chi connectivity index (χ1) is 11.0. The molecule has 106 valence electrons. The summed E-state index contributed by atoms with van der Waals surface area (Å²) in [7, 11) is 0. The van der Waals surface area contributed by atoms with Gasteiger partial charge in [0.1, 0.15) is 11.9 Å². The van der Waals surface area contributed by atoms with Crippen LogP contribution in [0.3, 0.4) is 0 Å². The summed E-state index contributed by atoms with van der Waals surface area (Å²) in [4.78, 5) is 0. The number of ether oxygens (including phenoxy) is 1. The zero-order valence-electron chi connectivity index (χ0n) is 14.3. The van der Waals surface area contributed by atoms with E-state index in [1.54, 1.807) is 12.1 Å². The molecule has 20 heavy (non-hydrogen) atoms. The minimum absolute atomic E-state index is 0.106. The lowest BCUT2D eigenvalue weighted by atomic mass is 10.1. The molecule has 0 heterocycles. The monoisotopic (exact) mass is 274 g/mol. The minimum atomic E-state index is -2.16. The Hall–Kier alpha value is -1.84. The second-order valence-corrected chi connectivity index (χ2v) is 4.50. The maximum atomic E-state index is 9.42. The lowest BCUT2D eigenvalue weighted by Gasteiger charge is -2.21. The fourth-order valence-corrected chi connectivity index (χ4v) is 2.07. The zero-order valence-corrected chi connectivity index (χ0v) is 11.3. The van der Waals surface area contributed by atoms with Crippen LogP contribution >= 0.6 is 0 Å². The van der Waals surface area contributed by atoms with Crippen LogP contribution in [0.2, 0.25) is 0 Å². The highest BCUT2D eigenvalue weighted by Crippen LogP contribution is 2.27. The third-order valence-corrected chi connectivity index (χ3v) is 3.12. The van der Waals surface area contributed by atoms with Crippen LogP contribution in [0.25, 0.3) is 0 Å². The van der Waals surface area contributed by atoms with Crippen molar-refractivity contribution < 1.29 is 14.0 Å². The topological polar surface area (TPSA) is 41.5 Å². The summed E-state index contributed by atoms with van der Waals surface area (Å²) in [5.74, 6) is 0.609. The van der Waals surface area contributed by atoms with E-state index in [0.29, 0.717) is 24.3 Å². The highest BCUT2D eigenvalue weighted by atomic mass is 16.5. The molecular formula is C17H21NO2. The van der Waals surface area contributed by atoms with E-state index in [1.165, 1.54) is 0 Å². The van der Waals surface area contributed by atoms with E-state index in [9.17, 15) is 5.11 Å². The number of hydrogen-bond donors (Lipinski definition) is 2. The van der Waals surface area contributed by atoms with Gasteiger partial charge in [0.05, 0.1) is 6.61 Å². The first kappa shape index (κ1) is 10.9. The van der Waals surface area contributed by atoms with E-state index in [0.717, 1.165) is 5.56 Å². The normalized spacial score (nSPS) is 14.9. The summed E-state index contributed by atoms with van der Waals surface area (Å²) in [6.07, 6.45) is 0.209. The Bertz CT molecular complexity index is 602. The Kier molecular flexibility index (Phi) is 4.18. The van der Waals surface area contributed by atoms with Crippen LogP contribution in [0, 0.1) is 0 Å². The van der Waals surface area contributed by atoms with Crippen LogP contribution in [-0.2, 0) is 6.61 Å². The lowest BCUT2D eigenvalue weighted by Crippen LogP contribution is -2.16. The molecule has 0 bridgehead atoms. The SMILES string of the molecule is [2H]C([2H])([2H])NCC[C@@H](Oc1ccccc1CO)c1ccccc1.